The molecule has 15 heavy (non-hydrogen) atoms. The number of anilines is 1. The van der Waals surface area contributed by atoms with Gasteiger partial charge in [-0.05, 0) is 0 Å². The van der Waals surface area contributed by atoms with Crippen LogP contribution in [0.1, 0.15) is 16.1 Å². The second kappa shape index (κ2) is 4.39. The first-order valence-electron chi connectivity index (χ1n) is 3.68. The third kappa shape index (κ3) is 4.07. The predicted molar refractivity (Wildman–Crippen MR) is 46.8 cm³/mol. The quantitative estimate of drug-likeness (QED) is 0.817. The molecule has 0 saturated carbocycles. The summed E-state index contributed by atoms with van der Waals surface area (Å²) in [6.07, 6.45) is -4.45. The Kier molecular flexibility index (Phi) is 3.40. The van der Waals surface area contributed by atoms with Crippen LogP contribution in [0.25, 0.3) is 0 Å². The van der Waals surface area contributed by atoms with E-state index in [2.05, 4.69) is 4.98 Å². The van der Waals surface area contributed by atoms with Gasteiger partial charge < -0.3 is 5.32 Å². The molecule has 0 aliphatic heterocycles. The van der Waals surface area contributed by atoms with Crippen LogP contribution in [0.3, 0.4) is 0 Å². The molecule has 1 heterocycles. The number of hydrogen-bond donors (Lipinski definition) is 1. The first kappa shape index (κ1) is 11.6. The van der Waals surface area contributed by atoms with Crippen LogP contribution in [-0.4, -0.2) is 23.4 Å². The van der Waals surface area contributed by atoms with E-state index in [1.807, 2.05) is 5.32 Å². The Bertz CT molecular complexity index is 375. The molecule has 0 radical (unpaired) electrons. The summed E-state index contributed by atoms with van der Waals surface area (Å²) in [5.74, 6) is -1.20. The van der Waals surface area contributed by atoms with Gasteiger partial charge in [0.2, 0.25) is 5.91 Å². The highest BCUT2D eigenvalue weighted by Crippen LogP contribution is 2.21. The first-order valence-corrected chi connectivity index (χ1v) is 4.50. The van der Waals surface area contributed by atoms with Crippen LogP contribution in [0.15, 0.2) is 6.20 Å². The summed E-state index contributed by atoms with van der Waals surface area (Å²) in [5.41, 5.74) is 0. The van der Waals surface area contributed by atoms with E-state index in [-0.39, 0.29) is 10.0 Å². The predicted octanol–water partition coefficient (Wildman–Crippen LogP) is 1.85. The summed E-state index contributed by atoms with van der Waals surface area (Å²) < 4.78 is 35.2. The topological polar surface area (TPSA) is 59.1 Å². The minimum Gasteiger partial charge on any atom is -0.302 e. The van der Waals surface area contributed by atoms with E-state index in [4.69, 9.17) is 0 Å². The molecular weight excluding hydrogens is 233 g/mol. The van der Waals surface area contributed by atoms with Crippen molar-refractivity contribution in [3.63, 3.8) is 0 Å². The zero-order chi connectivity index (χ0) is 11.5. The number of thiazole rings is 1. The molecule has 1 N–H and O–H groups in total. The molecule has 0 fully saturated rings. The maximum atomic E-state index is 11.7. The van der Waals surface area contributed by atoms with Crippen molar-refractivity contribution in [2.45, 2.75) is 12.6 Å². The van der Waals surface area contributed by atoms with E-state index < -0.39 is 18.5 Å². The third-order valence-corrected chi connectivity index (χ3v) is 2.09. The van der Waals surface area contributed by atoms with Crippen molar-refractivity contribution in [2.75, 3.05) is 5.32 Å². The van der Waals surface area contributed by atoms with E-state index in [0.29, 0.717) is 6.29 Å². The minimum atomic E-state index is -4.55. The molecular formula is C7H5F3N2O2S. The standard InChI is InChI=1S/C7H5F3N2O2S/c8-7(9,10)1-5(14)12-6-11-2-4(3-13)15-6/h2-3H,1H2,(H,11,12,14). The maximum Gasteiger partial charge on any atom is 0.397 e. The van der Waals surface area contributed by atoms with Gasteiger partial charge in [0.15, 0.2) is 11.4 Å². The van der Waals surface area contributed by atoms with Crippen LogP contribution in [0.5, 0.6) is 0 Å². The fourth-order valence-corrected chi connectivity index (χ4v) is 1.39. The highest BCUT2D eigenvalue weighted by molar-refractivity contribution is 7.17. The van der Waals surface area contributed by atoms with E-state index in [1.165, 1.54) is 6.20 Å². The summed E-state index contributed by atoms with van der Waals surface area (Å²) in [5, 5.41) is 1.92. The molecule has 4 nitrogen and oxygen atoms in total. The van der Waals surface area contributed by atoms with Crippen molar-refractivity contribution in [3.05, 3.63) is 11.1 Å². The summed E-state index contributed by atoms with van der Waals surface area (Å²) in [4.78, 5) is 24.8. The molecule has 0 aliphatic rings. The van der Waals surface area contributed by atoms with E-state index in [9.17, 15) is 22.8 Å². The molecule has 82 valence electrons. The molecule has 0 bridgehead atoms. The lowest BCUT2D eigenvalue weighted by Crippen LogP contribution is -2.20. The summed E-state index contributed by atoms with van der Waals surface area (Å²) in [6, 6.07) is 0. The third-order valence-electron chi connectivity index (χ3n) is 1.25. The van der Waals surface area contributed by atoms with Crippen LogP contribution in [0.4, 0.5) is 18.3 Å². The summed E-state index contributed by atoms with van der Waals surface area (Å²) in [6.45, 7) is 0. The molecule has 1 aromatic heterocycles. The van der Waals surface area contributed by atoms with Crippen molar-refractivity contribution >= 4 is 28.7 Å². The fraction of sp³-hybridized carbons (Fsp3) is 0.286. The van der Waals surface area contributed by atoms with Gasteiger partial charge in [-0.25, -0.2) is 4.98 Å². The lowest BCUT2D eigenvalue weighted by molar-refractivity contribution is -0.150. The highest BCUT2D eigenvalue weighted by Gasteiger charge is 2.31. The summed E-state index contributed by atoms with van der Waals surface area (Å²) in [7, 11) is 0. The van der Waals surface area contributed by atoms with E-state index >= 15 is 0 Å². The molecule has 1 amide bonds. The SMILES string of the molecule is O=Cc1cnc(NC(=O)CC(F)(F)F)s1. The van der Waals surface area contributed by atoms with E-state index in [1.54, 1.807) is 0 Å². The zero-order valence-corrected chi connectivity index (χ0v) is 7.98. The van der Waals surface area contributed by atoms with Crippen molar-refractivity contribution in [1.29, 1.82) is 0 Å². The lowest BCUT2D eigenvalue weighted by atomic mass is 10.4. The average molecular weight is 238 g/mol. The van der Waals surface area contributed by atoms with Crippen LogP contribution in [0, 0.1) is 0 Å². The highest BCUT2D eigenvalue weighted by atomic mass is 32.1. The number of nitrogens with one attached hydrogen (secondary N) is 1. The van der Waals surface area contributed by atoms with Gasteiger partial charge in [-0.2, -0.15) is 13.2 Å². The second-order valence-corrected chi connectivity index (χ2v) is 3.59. The smallest absolute Gasteiger partial charge is 0.302 e. The van der Waals surface area contributed by atoms with Gasteiger partial charge in [0.05, 0.1) is 11.1 Å². The van der Waals surface area contributed by atoms with Crippen molar-refractivity contribution in [2.24, 2.45) is 0 Å². The van der Waals surface area contributed by atoms with Crippen LogP contribution < -0.4 is 5.32 Å². The van der Waals surface area contributed by atoms with Crippen molar-refractivity contribution in [1.82, 2.24) is 4.98 Å². The molecule has 0 aliphatic carbocycles. The lowest BCUT2D eigenvalue weighted by Gasteiger charge is -2.04. The van der Waals surface area contributed by atoms with Gasteiger partial charge in [0.25, 0.3) is 0 Å². The molecule has 0 unspecified atom stereocenters. The Labute approximate surface area is 86.1 Å². The monoisotopic (exact) mass is 238 g/mol. The average Bonchev–Trinajstić information content (AvgIpc) is 2.48. The zero-order valence-electron chi connectivity index (χ0n) is 7.17. The van der Waals surface area contributed by atoms with Crippen molar-refractivity contribution < 1.29 is 22.8 Å². The Morgan fingerprint density at radius 1 is 1.60 bits per heavy atom. The number of aldehydes is 1. The number of nitrogens with zero attached hydrogens (tertiary/aromatic N) is 1. The largest absolute Gasteiger partial charge is 0.397 e. The molecule has 0 spiro atoms. The molecule has 0 aromatic carbocycles. The van der Waals surface area contributed by atoms with Gasteiger partial charge in [-0.15, -0.1) is 0 Å². The minimum absolute atomic E-state index is 0.0219. The first-order chi connectivity index (χ1) is 6.90. The van der Waals surface area contributed by atoms with Crippen LogP contribution in [0.2, 0.25) is 0 Å². The van der Waals surface area contributed by atoms with Crippen molar-refractivity contribution in [3.8, 4) is 0 Å². The number of rotatable bonds is 3. The molecule has 1 rings (SSSR count). The van der Waals surface area contributed by atoms with Crippen LogP contribution in [-0.2, 0) is 4.79 Å². The normalized spacial score (nSPS) is 11.1. The molecule has 8 heteroatoms. The summed E-state index contributed by atoms with van der Waals surface area (Å²) >= 11 is 0.809. The van der Waals surface area contributed by atoms with E-state index in [0.717, 1.165) is 11.3 Å². The van der Waals surface area contributed by atoms with Gasteiger partial charge in [-0.1, -0.05) is 11.3 Å². The van der Waals surface area contributed by atoms with Gasteiger partial charge in [0, 0.05) is 0 Å². The Hall–Kier alpha value is -1.44. The van der Waals surface area contributed by atoms with Gasteiger partial charge in [0.1, 0.15) is 6.42 Å². The van der Waals surface area contributed by atoms with Gasteiger partial charge in [-0.3, -0.25) is 9.59 Å². The van der Waals surface area contributed by atoms with Crippen LogP contribution >= 0.6 is 11.3 Å². The number of halogens is 3. The number of carbonyl (C=O) groups excluding carboxylic acids is 2. The Morgan fingerprint density at radius 3 is 2.73 bits per heavy atom. The fourth-order valence-electron chi connectivity index (χ4n) is 0.744. The Morgan fingerprint density at radius 2 is 2.27 bits per heavy atom. The molecule has 0 saturated heterocycles. The molecule has 0 atom stereocenters. The number of alkyl halides is 3. The maximum absolute atomic E-state index is 11.7. The number of hydrogen-bond acceptors (Lipinski definition) is 4. The second-order valence-electron chi connectivity index (χ2n) is 2.53. The number of carbonyl (C=O) groups is 2. The van der Waals surface area contributed by atoms with Gasteiger partial charge >= 0.3 is 6.18 Å². The Balaban J connectivity index is 2.55. The molecule has 1 aromatic rings. The number of aromatic nitrogens is 1. The number of amides is 1.